The third-order valence-electron chi connectivity index (χ3n) is 5.37. The molecule has 2 aliphatic heterocycles. The van der Waals surface area contributed by atoms with Crippen molar-refractivity contribution in [3.8, 4) is 11.3 Å². The number of fused-ring (bicyclic) bond motifs is 3. The molecule has 1 aromatic heterocycles. The van der Waals surface area contributed by atoms with Gasteiger partial charge in [0.1, 0.15) is 5.69 Å². The maximum Gasteiger partial charge on any atom is 0.117 e. The fraction of sp³-hybridized carbons (Fsp3) is 0.300. The molecule has 1 saturated heterocycles. The molecule has 0 aliphatic carbocycles. The zero-order chi connectivity index (χ0) is 17.5. The van der Waals surface area contributed by atoms with Gasteiger partial charge >= 0.3 is 0 Å². The Bertz CT molecular complexity index is 906. The third-order valence-corrected chi connectivity index (χ3v) is 5.62. The molecule has 2 atom stereocenters. The largest absolute Gasteiger partial charge is 0.305 e. The number of halogens is 1. The van der Waals surface area contributed by atoms with Gasteiger partial charge in [0.2, 0.25) is 0 Å². The zero-order valence-corrected chi connectivity index (χ0v) is 15.1. The first-order valence-electron chi connectivity index (χ1n) is 8.97. The average molecular weight is 366 g/mol. The van der Waals surface area contributed by atoms with Gasteiger partial charge in [-0.15, -0.1) is 5.10 Å². The molecule has 1 fully saturated rings. The summed E-state index contributed by atoms with van der Waals surface area (Å²) >= 11 is 5.99. The van der Waals surface area contributed by atoms with Gasteiger partial charge in [-0.2, -0.15) is 0 Å². The molecule has 0 bridgehead atoms. The fourth-order valence-corrected chi connectivity index (χ4v) is 4.21. The van der Waals surface area contributed by atoms with Crippen LogP contribution in [0, 0.1) is 0 Å². The standard InChI is InChI=1S/C20H20ClN5/c21-16-8-6-14(7-9-16)11-25-12-17-19(13-25)26-18(10-22-17)20(23-24-26)15-4-2-1-3-5-15/h1-9,17,19,22H,10-13H2/t17-,19-/m1/s1. The van der Waals surface area contributed by atoms with E-state index in [1.165, 1.54) is 11.3 Å². The molecule has 5 nitrogen and oxygen atoms in total. The maximum atomic E-state index is 5.99. The van der Waals surface area contributed by atoms with Gasteiger partial charge in [0.25, 0.3) is 0 Å². The fourth-order valence-electron chi connectivity index (χ4n) is 4.08. The lowest BCUT2D eigenvalue weighted by Gasteiger charge is -2.27. The van der Waals surface area contributed by atoms with Crippen LogP contribution in [0.3, 0.4) is 0 Å². The lowest BCUT2D eigenvalue weighted by molar-refractivity contribution is 0.307. The molecule has 0 saturated carbocycles. The number of rotatable bonds is 3. The van der Waals surface area contributed by atoms with Crippen LogP contribution < -0.4 is 5.32 Å². The van der Waals surface area contributed by atoms with Crippen molar-refractivity contribution in [2.75, 3.05) is 13.1 Å². The summed E-state index contributed by atoms with van der Waals surface area (Å²) in [5, 5.41) is 13.5. The molecular formula is C20H20ClN5. The first-order valence-corrected chi connectivity index (χ1v) is 9.35. The van der Waals surface area contributed by atoms with E-state index in [4.69, 9.17) is 11.6 Å². The molecule has 0 unspecified atom stereocenters. The summed E-state index contributed by atoms with van der Waals surface area (Å²) in [4.78, 5) is 2.48. The summed E-state index contributed by atoms with van der Waals surface area (Å²) in [5.74, 6) is 0. The Morgan fingerprint density at radius 1 is 1.04 bits per heavy atom. The van der Waals surface area contributed by atoms with E-state index in [-0.39, 0.29) is 0 Å². The van der Waals surface area contributed by atoms with Crippen molar-refractivity contribution in [3.05, 3.63) is 70.9 Å². The van der Waals surface area contributed by atoms with Crippen LogP contribution in [0.25, 0.3) is 11.3 Å². The second kappa shape index (κ2) is 6.50. The van der Waals surface area contributed by atoms with E-state index >= 15 is 0 Å². The third kappa shape index (κ3) is 2.82. The van der Waals surface area contributed by atoms with Gasteiger partial charge in [-0.3, -0.25) is 4.90 Å². The molecule has 2 aromatic carbocycles. The predicted molar refractivity (Wildman–Crippen MR) is 102 cm³/mol. The van der Waals surface area contributed by atoms with E-state index in [9.17, 15) is 0 Å². The quantitative estimate of drug-likeness (QED) is 0.774. The predicted octanol–water partition coefficient (Wildman–Crippen LogP) is 3.13. The smallest absolute Gasteiger partial charge is 0.117 e. The molecule has 132 valence electrons. The van der Waals surface area contributed by atoms with Crippen molar-refractivity contribution >= 4 is 11.6 Å². The van der Waals surface area contributed by atoms with Gasteiger partial charge in [-0.1, -0.05) is 59.3 Å². The maximum absolute atomic E-state index is 5.99. The van der Waals surface area contributed by atoms with Crippen LogP contribution in [0.1, 0.15) is 17.3 Å². The van der Waals surface area contributed by atoms with Crippen LogP contribution in [0.4, 0.5) is 0 Å². The number of nitrogens with zero attached hydrogens (tertiary/aromatic N) is 4. The minimum atomic E-state index is 0.330. The average Bonchev–Trinajstić information content (AvgIpc) is 3.27. The molecule has 0 spiro atoms. The van der Waals surface area contributed by atoms with E-state index in [1.807, 2.05) is 30.3 Å². The molecule has 3 aromatic rings. The van der Waals surface area contributed by atoms with Gasteiger partial charge < -0.3 is 5.32 Å². The van der Waals surface area contributed by atoms with Crippen molar-refractivity contribution in [2.45, 2.75) is 25.2 Å². The molecular weight excluding hydrogens is 346 g/mol. The first-order chi connectivity index (χ1) is 12.8. The zero-order valence-electron chi connectivity index (χ0n) is 14.3. The van der Waals surface area contributed by atoms with E-state index in [0.717, 1.165) is 42.5 Å². The SMILES string of the molecule is Clc1ccc(CN2C[C@@H]3[C@@H](C2)NCc2c(-c4ccccc4)nnn23)cc1. The lowest BCUT2D eigenvalue weighted by atomic mass is 10.1. The van der Waals surface area contributed by atoms with E-state index < -0.39 is 0 Å². The van der Waals surface area contributed by atoms with Gasteiger partial charge in [0, 0.05) is 42.8 Å². The summed E-state index contributed by atoms with van der Waals surface area (Å²) in [5.41, 5.74) is 4.60. The number of likely N-dealkylation sites (tertiary alicyclic amines) is 1. The van der Waals surface area contributed by atoms with Crippen LogP contribution in [0.2, 0.25) is 5.02 Å². The van der Waals surface area contributed by atoms with Crippen LogP contribution in [-0.2, 0) is 13.1 Å². The molecule has 26 heavy (non-hydrogen) atoms. The number of hydrogen-bond acceptors (Lipinski definition) is 4. The monoisotopic (exact) mass is 365 g/mol. The van der Waals surface area contributed by atoms with Crippen molar-refractivity contribution in [3.63, 3.8) is 0 Å². The summed E-state index contributed by atoms with van der Waals surface area (Å²) < 4.78 is 2.14. The molecule has 0 amide bonds. The van der Waals surface area contributed by atoms with Crippen molar-refractivity contribution < 1.29 is 0 Å². The van der Waals surface area contributed by atoms with Gasteiger partial charge in [0.15, 0.2) is 0 Å². The number of hydrogen-bond donors (Lipinski definition) is 1. The summed E-state index contributed by atoms with van der Waals surface area (Å²) in [6.07, 6.45) is 0. The Kier molecular flexibility index (Phi) is 4.00. The molecule has 5 rings (SSSR count). The minimum Gasteiger partial charge on any atom is -0.305 e. The lowest BCUT2D eigenvalue weighted by Crippen LogP contribution is -2.42. The van der Waals surface area contributed by atoms with E-state index in [0.29, 0.717) is 12.1 Å². The summed E-state index contributed by atoms with van der Waals surface area (Å²) in [6, 6.07) is 19.2. The minimum absolute atomic E-state index is 0.330. The van der Waals surface area contributed by atoms with Crippen LogP contribution >= 0.6 is 11.6 Å². The van der Waals surface area contributed by atoms with Crippen LogP contribution in [0.15, 0.2) is 54.6 Å². The Hall–Kier alpha value is -2.21. The Morgan fingerprint density at radius 2 is 1.85 bits per heavy atom. The van der Waals surface area contributed by atoms with Crippen molar-refractivity contribution in [2.24, 2.45) is 0 Å². The Balaban J connectivity index is 1.37. The molecule has 3 heterocycles. The highest BCUT2D eigenvalue weighted by Crippen LogP contribution is 2.32. The number of aromatic nitrogens is 3. The molecule has 2 aliphatic rings. The van der Waals surface area contributed by atoms with E-state index in [1.54, 1.807) is 0 Å². The number of benzene rings is 2. The topological polar surface area (TPSA) is 46.0 Å². The normalized spacial score (nSPS) is 22.2. The van der Waals surface area contributed by atoms with Crippen LogP contribution in [0.5, 0.6) is 0 Å². The Morgan fingerprint density at radius 3 is 2.65 bits per heavy atom. The second-order valence-corrected chi connectivity index (χ2v) is 7.51. The van der Waals surface area contributed by atoms with Crippen LogP contribution in [-0.4, -0.2) is 39.0 Å². The highest BCUT2D eigenvalue weighted by Gasteiger charge is 2.39. The summed E-state index contributed by atoms with van der Waals surface area (Å²) in [7, 11) is 0. The van der Waals surface area contributed by atoms with E-state index in [2.05, 4.69) is 49.5 Å². The van der Waals surface area contributed by atoms with Gasteiger partial charge in [-0.05, 0) is 17.7 Å². The molecule has 0 radical (unpaired) electrons. The van der Waals surface area contributed by atoms with Gasteiger partial charge in [-0.25, -0.2) is 4.68 Å². The van der Waals surface area contributed by atoms with Crippen molar-refractivity contribution in [1.29, 1.82) is 0 Å². The Labute approximate surface area is 157 Å². The van der Waals surface area contributed by atoms with Gasteiger partial charge in [0.05, 0.1) is 11.7 Å². The molecule has 6 heteroatoms. The summed E-state index contributed by atoms with van der Waals surface area (Å²) in [6.45, 7) is 3.74. The van der Waals surface area contributed by atoms with Crippen molar-refractivity contribution in [1.82, 2.24) is 25.2 Å². The highest BCUT2D eigenvalue weighted by molar-refractivity contribution is 6.30. The number of nitrogens with one attached hydrogen (secondary N) is 1. The molecule has 1 N–H and O–H groups in total. The second-order valence-electron chi connectivity index (χ2n) is 7.07. The highest BCUT2D eigenvalue weighted by atomic mass is 35.5. The first kappa shape index (κ1) is 16.0.